The van der Waals surface area contributed by atoms with Crippen molar-refractivity contribution in [1.29, 1.82) is 0 Å². The fourth-order valence-electron chi connectivity index (χ4n) is 1.58. The minimum Gasteiger partial charge on any atom is -0.481 e. The number of hydrogen-bond acceptors (Lipinski definition) is 4. The van der Waals surface area contributed by atoms with Crippen molar-refractivity contribution >= 4 is 27.7 Å². The maximum Gasteiger partial charge on any atom is 0.319 e. The van der Waals surface area contributed by atoms with Gasteiger partial charge in [0.1, 0.15) is 5.82 Å². The van der Waals surface area contributed by atoms with E-state index in [0.717, 1.165) is 22.5 Å². The molecule has 0 aliphatic heterocycles. The fourth-order valence-corrected chi connectivity index (χ4v) is 2.51. The lowest BCUT2D eigenvalue weighted by Gasteiger charge is -2.13. The average molecular weight is 347 g/mol. The number of nitrogens with zero attached hydrogens (tertiary/aromatic N) is 1. The van der Waals surface area contributed by atoms with Gasteiger partial charge in [-0.2, -0.15) is 0 Å². The number of aliphatic carboxylic acids is 1. The zero-order valence-electron chi connectivity index (χ0n) is 12.7. The van der Waals surface area contributed by atoms with Gasteiger partial charge in [0.25, 0.3) is 0 Å². The van der Waals surface area contributed by atoms with Crippen molar-refractivity contribution in [3.63, 3.8) is 0 Å². The molecule has 10 heteroatoms. The number of nitrogens with one attached hydrogen (secondary N) is 2. The van der Waals surface area contributed by atoms with Crippen LogP contribution < -0.4 is 10.6 Å². The topological polar surface area (TPSA) is 116 Å². The number of rotatable bonds is 7. The van der Waals surface area contributed by atoms with E-state index in [9.17, 15) is 22.4 Å². The van der Waals surface area contributed by atoms with Crippen LogP contribution in [0, 0.1) is 5.82 Å². The van der Waals surface area contributed by atoms with Gasteiger partial charge in [-0.3, -0.25) is 4.79 Å². The number of urea groups is 1. The van der Waals surface area contributed by atoms with Crippen LogP contribution in [0.4, 0.5) is 14.9 Å². The quantitative estimate of drug-likeness (QED) is 0.638. The number of carbonyl (C=O) groups excluding carboxylic acids is 1. The predicted octanol–water partition coefficient (Wildman–Crippen LogP) is 1.06. The summed E-state index contributed by atoms with van der Waals surface area (Å²) in [6, 6.07) is 2.30. The van der Waals surface area contributed by atoms with Crippen LogP contribution in [-0.2, 0) is 14.8 Å². The van der Waals surface area contributed by atoms with Crippen molar-refractivity contribution in [2.45, 2.75) is 17.7 Å². The van der Waals surface area contributed by atoms with Crippen LogP contribution in [0.15, 0.2) is 23.1 Å². The number of carboxylic acids is 1. The van der Waals surface area contributed by atoms with Crippen LogP contribution in [0.5, 0.6) is 0 Å². The molecule has 1 rings (SSSR count). The maximum absolute atomic E-state index is 13.7. The van der Waals surface area contributed by atoms with Crippen LogP contribution in [0.25, 0.3) is 0 Å². The molecule has 2 amide bonds. The first-order valence-electron chi connectivity index (χ1n) is 6.63. The Labute approximate surface area is 133 Å². The Bertz CT molecular complexity index is 691. The van der Waals surface area contributed by atoms with Gasteiger partial charge in [0.15, 0.2) is 0 Å². The third-order valence-corrected chi connectivity index (χ3v) is 4.63. The zero-order valence-corrected chi connectivity index (χ0v) is 13.5. The second-order valence-electron chi connectivity index (χ2n) is 4.81. The molecule has 0 aliphatic rings. The number of amides is 2. The summed E-state index contributed by atoms with van der Waals surface area (Å²) in [5, 5.41) is 13.0. The van der Waals surface area contributed by atoms with Crippen LogP contribution in [0.3, 0.4) is 0 Å². The molecule has 0 unspecified atom stereocenters. The standard InChI is InChI=1S/C13H18FN3O5S/c1-17(2)23(21,22)9-5-6-10(14)11(8-9)16-13(20)15-7-3-4-12(18)19/h5-6,8H,3-4,7H2,1-2H3,(H,18,19)(H2,15,16,20). The van der Waals surface area contributed by atoms with Gasteiger partial charge in [0, 0.05) is 27.1 Å². The summed E-state index contributed by atoms with van der Waals surface area (Å²) in [5.41, 5.74) is -0.288. The Kier molecular flexibility index (Phi) is 6.46. The predicted molar refractivity (Wildman–Crippen MR) is 81.2 cm³/mol. The van der Waals surface area contributed by atoms with E-state index in [-0.39, 0.29) is 30.0 Å². The zero-order chi connectivity index (χ0) is 17.6. The summed E-state index contributed by atoms with van der Waals surface area (Å²) in [7, 11) is -1.08. The van der Waals surface area contributed by atoms with Gasteiger partial charge in [-0.15, -0.1) is 0 Å². The first kappa shape index (κ1) is 18.8. The Hall–Kier alpha value is -2.20. The van der Waals surface area contributed by atoms with Gasteiger partial charge in [-0.25, -0.2) is 21.9 Å². The first-order valence-corrected chi connectivity index (χ1v) is 8.07. The third-order valence-electron chi connectivity index (χ3n) is 2.82. The molecule has 0 saturated heterocycles. The molecule has 1 aromatic carbocycles. The summed E-state index contributed by atoms with van der Waals surface area (Å²) in [4.78, 5) is 21.8. The highest BCUT2D eigenvalue weighted by Gasteiger charge is 2.19. The van der Waals surface area contributed by atoms with E-state index in [1.807, 2.05) is 0 Å². The molecule has 8 nitrogen and oxygen atoms in total. The van der Waals surface area contributed by atoms with Crippen molar-refractivity contribution in [2.75, 3.05) is 26.0 Å². The molecule has 1 aromatic rings. The Morgan fingerprint density at radius 2 is 1.96 bits per heavy atom. The van der Waals surface area contributed by atoms with Crippen molar-refractivity contribution in [2.24, 2.45) is 0 Å². The van der Waals surface area contributed by atoms with Gasteiger partial charge in [0.05, 0.1) is 10.6 Å². The summed E-state index contributed by atoms with van der Waals surface area (Å²) >= 11 is 0. The van der Waals surface area contributed by atoms with E-state index in [1.165, 1.54) is 14.1 Å². The smallest absolute Gasteiger partial charge is 0.319 e. The number of benzene rings is 1. The summed E-state index contributed by atoms with van der Waals surface area (Å²) in [6.07, 6.45) is 0.117. The van der Waals surface area contributed by atoms with Crippen molar-refractivity contribution < 1.29 is 27.5 Å². The second-order valence-corrected chi connectivity index (χ2v) is 6.96. The van der Waals surface area contributed by atoms with E-state index >= 15 is 0 Å². The summed E-state index contributed by atoms with van der Waals surface area (Å²) in [6.45, 7) is 0.0927. The molecule has 0 aliphatic carbocycles. The highest BCUT2D eigenvalue weighted by molar-refractivity contribution is 7.89. The average Bonchev–Trinajstić information content (AvgIpc) is 2.45. The monoisotopic (exact) mass is 347 g/mol. The number of halogens is 1. The van der Waals surface area contributed by atoms with Gasteiger partial charge < -0.3 is 15.7 Å². The van der Waals surface area contributed by atoms with Crippen LogP contribution in [0.2, 0.25) is 0 Å². The van der Waals surface area contributed by atoms with Gasteiger partial charge in [0.2, 0.25) is 10.0 Å². The summed E-state index contributed by atoms with van der Waals surface area (Å²) in [5.74, 6) is -1.77. The Morgan fingerprint density at radius 1 is 1.30 bits per heavy atom. The maximum atomic E-state index is 13.7. The van der Waals surface area contributed by atoms with E-state index in [4.69, 9.17) is 5.11 Å². The number of sulfonamides is 1. The van der Waals surface area contributed by atoms with E-state index < -0.39 is 27.8 Å². The van der Waals surface area contributed by atoms with Crippen molar-refractivity contribution in [1.82, 2.24) is 9.62 Å². The second kappa shape index (κ2) is 7.88. The molecule has 0 aromatic heterocycles. The highest BCUT2D eigenvalue weighted by atomic mass is 32.2. The molecule has 0 bridgehead atoms. The lowest BCUT2D eigenvalue weighted by Crippen LogP contribution is -2.30. The van der Waals surface area contributed by atoms with Gasteiger partial charge >= 0.3 is 12.0 Å². The molecule has 0 fully saturated rings. The molecular weight excluding hydrogens is 329 g/mol. The number of carboxylic acid groups (broad SMARTS) is 1. The van der Waals surface area contributed by atoms with Crippen LogP contribution in [-0.4, -0.2) is 50.5 Å². The first-order chi connectivity index (χ1) is 10.6. The van der Waals surface area contributed by atoms with Crippen LogP contribution in [0.1, 0.15) is 12.8 Å². The van der Waals surface area contributed by atoms with E-state index in [2.05, 4.69) is 10.6 Å². The lowest BCUT2D eigenvalue weighted by atomic mass is 10.3. The van der Waals surface area contributed by atoms with Crippen molar-refractivity contribution in [3.8, 4) is 0 Å². The largest absolute Gasteiger partial charge is 0.481 e. The highest BCUT2D eigenvalue weighted by Crippen LogP contribution is 2.21. The molecule has 0 radical (unpaired) electrons. The minimum atomic E-state index is -3.75. The minimum absolute atomic E-state index is 0.0927. The summed E-state index contributed by atoms with van der Waals surface area (Å²) < 4.78 is 38.6. The van der Waals surface area contributed by atoms with Gasteiger partial charge in [-0.1, -0.05) is 0 Å². The van der Waals surface area contributed by atoms with Crippen LogP contribution >= 0.6 is 0 Å². The fraction of sp³-hybridized carbons (Fsp3) is 0.385. The third kappa shape index (κ3) is 5.49. The number of hydrogen-bond donors (Lipinski definition) is 3. The number of anilines is 1. The molecule has 0 atom stereocenters. The Morgan fingerprint density at radius 3 is 2.52 bits per heavy atom. The molecule has 0 saturated carbocycles. The lowest BCUT2D eigenvalue weighted by molar-refractivity contribution is -0.137. The molecule has 23 heavy (non-hydrogen) atoms. The Balaban J connectivity index is 2.77. The molecule has 128 valence electrons. The van der Waals surface area contributed by atoms with E-state index in [1.54, 1.807) is 0 Å². The SMILES string of the molecule is CN(C)S(=O)(=O)c1ccc(F)c(NC(=O)NCCCC(=O)O)c1. The number of carbonyl (C=O) groups is 2. The van der Waals surface area contributed by atoms with Crippen molar-refractivity contribution in [3.05, 3.63) is 24.0 Å². The normalized spacial score (nSPS) is 11.3. The van der Waals surface area contributed by atoms with Gasteiger partial charge in [-0.05, 0) is 24.6 Å². The van der Waals surface area contributed by atoms with E-state index in [0.29, 0.717) is 0 Å². The molecule has 0 spiro atoms. The molecular formula is C13H18FN3O5S. The molecule has 0 heterocycles. The molecule has 3 N–H and O–H groups in total.